The molecule has 0 spiro atoms. The number of amides is 2. The zero-order valence-corrected chi connectivity index (χ0v) is 19.0. The van der Waals surface area contributed by atoms with Crippen molar-refractivity contribution in [3.63, 3.8) is 0 Å². The SMILES string of the molecule is COc1ccc(CCNC(=O)[C@@H](c2ccccc2)N(Cc2ccc(Cl)cc2)C(C)=O)cc1. The molecule has 32 heavy (non-hydrogen) atoms. The Kier molecular flexibility index (Phi) is 8.28. The van der Waals surface area contributed by atoms with E-state index in [1.807, 2.05) is 66.7 Å². The molecule has 0 radical (unpaired) electrons. The molecule has 6 heteroatoms. The predicted octanol–water partition coefficient (Wildman–Crippen LogP) is 4.80. The number of benzene rings is 3. The van der Waals surface area contributed by atoms with Crippen molar-refractivity contribution < 1.29 is 14.3 Å². The number of nitrogens with one attached hydrogen (secondary N) is 1. The maximum Gasteiger partial charge on any atom is 0.247 e. The summed E-state index contributed by atoms with van der Waals surface area (Å²) in [6.07, 6.45) is 0.675. The molecule has 2 amide bonds. The quantitative estimate of drug-likeness (QED) is 0.509. The van der Waals surface area contributed by atoms with Gasteiger partial charge in [-0.1, -0.05) is 66.2 Å². The summed E-state index contributed by atoms with van der Waals surface area (Å²) in [5.41, 5.74) is 2.75. The van der Waals surface area contributed by atoms with E-state index >= 15 is 0 Å². The zero-order valence-electron chi connectivity index (χ0n) is 18.3. The molecule has 0 heterocycles. The normalized spacial score (nSPS) is 11.5. The van der Waals surface area contributed by atoms with Crippen LogP contribution in [-0.4, -0.2) is 30.4 Å². The van der Waals surface area contributed by atoms with Crippen LogP contribution in [0.25, 0.3) is 0 Å². The molecule has 3 aromatic carbocycles. The van der Waals surface area contributed by atoms with Crippen LogP contribution in [0.1, 0.15) is 29.7 Å². The fraction of sp³-hybridized carbons (Fsp3) is 0.231. The van der Waals surface area contributed by atoms with Gasteiger partial charge in [0.2, 0.25) is 11.8 Å². The molecule has 0 fully saturated rings. The Morgan fingerprint density at radius 2 is 1.56 bits per heavy atom. The molecule has 0 aliphatic heterocycles. The van der Waals surface area contributed by atoms with E-state index in [2.05, 4.69) is 5.32 Å². The van der Waals surface area contributed by atoms with Gasteiger partial charge in [0.1, 0.15) is 11.8 Å². The second-order valence-corrected chi connectivity index (χ2v) is 7.91. The number of halogens is 1. The summed E-state index contributed by atoms with van der Waals surface area (Å²) in [6, 6.07) is 23.6. The lowest BCUT2D eigenvalue weighted by molar-refractivity contribution is -0.140. The third-order valence-corrected chi connectivity index (χ3v) is 5.47. The van der Waals surface area contributed by atoms with Gasteiger partial charge >= 0.3 is 0 Å². The minimum absolute atomic E-state index is 0.181. The highest BCUT2D eigenvalue weighted by molar-refractivity contribution is 6.30. The van der Waals surface area contributed by atoms with Gasteiger partial charge in [-0.25, -0.2) is 0 Å². The molecule has 1 atom stereocenters. The average Bonchev–Trinajstić information content (AvgIpc) is 2.81. The van der Waals surface area contributed by atoms with Gasteiger partial charge in [0, 0.05) is 25.0 Å². The van der Waals surface area contributed by atoms with Gasteiger partial charge in [0.25, 0.3) is 0 Å². The Hall–Kier alpha value is -3.31. The summed E-state index contributed by atoms with van der Waals surface area (Å²) < 4.78 is 5.18. The first-order valence-electron chi connectivity index (χ1n) is 10.4. The van der Waals surface area contributed by atoms with Crippen LogP contribution in [0.15, 0.2) is 78.9 Å². The summed E-state index contributed by atoms with van der Waals surface area (Å²) in [6.45, 7) is 2.25. The van der Waals surface area contributed by atoms with E-state index in [0.29, 0.717) is 24.5 Å². The number of nitrogens with zero attached hydrogens (tertiary/aromatic N) is 1. The molecule has 5 nitrogen and oxygen atoms in total. The lowest BCUT2D eigenvalue weighted by Crippen LogP contribution is -2.43. The van der Waals surface area contributed by atoms with Crippen molar-refractivity contribution in [3.05, 3.63) is 101 Å². The Bertz CT molecular complexity index is 1020. The number of carbonyl (C=O) groups is 2. The highest BCUT2D eigenvalue weighted by atomic mass is 35.5. The molecule has 3 rings (SSSR count). The van der Waals surface area contributed by atoms with Crippen LogP contribution in [0.3, 0.4) is 0 Å². The molecular weight excluding hydrogens is 424 g/mol. The van der Waals surface area contributed by atoms with Gasteiger partial charge < -0.3 is 15.0 Å². The van der Waals surface area contributed by atoms with Gasteiger partial charge in [0.05, 0.1) is 7.11 Å². The zero-order chi connectivity index (χ0) is 22.9. The first-order chi connectivity index (χ1) is 15.5. The third kappa shape index (κ3) is 6.34. The van der Waals surface area contributed by atoms with Crippen LogP contribution in [0.2, 0.25) is 5.02 Å². The van der Waals surface area contributed by atoms with Crippen molar-refractivity contribution >= 4 is 23.4 Å². The van der Waals surface area contributed by atoms with Crippen molar-refractivity contribution in [1.82, 2.24) is 10.2 Å². The monoisotopic (exact) mass is 450 g/mol. The number of ether oxygens (including phenoxy) is 1. The van der Waals surface area contributed by atoms with E-state index < -0.39 is 6.04 Å². The molecule has 0 aromatic heterocycles. The first kappa shape index (κ1) is 23.4. The molecule has 1 N–H and O–H groups in total. The number of carbonyl (C=O) groups excluding carboxylic acids is 2. The van der Waals surface area contributed by atoms with Crippen molar-refractivity contribution in [2.45, 2.75) is 25.9 Å². The van der Waals surface area contributed by atoms with Crippen LogP contribution in [-0.2, 0) is 22.6 Å². The fourth-order valence-electron chi connectivity index (χ4n) is 3.50. The fourth-order valence-corrected chi connectivity index (χ4v) is 3.62. The molecule has 3 aromatic rings. The highest BCUT2D eigenvalue weighted by Crippen LogP contribution is 2.24. The van der Waals surface area contributed by atoms with E-state index in [4.69, 9.17) is 16.3 Å². The molecule has 0 saturated carbocycles. The van der Waals surface area contributed by atoms with Crippen molar-refractivity contribution in [1.29, 1.82) is 0 Å². The average molecular weight is 451 g/mol. The van der Waals surface area contributed by atoms with E-state index in [-0.39, 0.29) is 11.8 Å². The third-order valence-electron chi connectivity index (χ3n) is 5.22. The van der Waals surface area contributed by atoms with E-state index in [0.717, 1.165) is 22.4 Å². The van der Waals surface area contributed by atoms with Gasteiger partial charge in [-0.05, 0) is 47.4 Å². The standard InChI is InChI=1S/C26H27ClN2O3/c1-19(30)29(18-21-8-12-23(27)13-9-21)25(22-6-4-3-5-7-22)26(31)28-17-16-20-10-14-24(32-2)15-11-20/h3-15,25H,16-18H2,1-2H3,(H,28,31)/t25-/m1/s1. The molecule has 0 saturated heterocycles. The lowest BCUT2D eigenvalue weighted by Gasteiger charge is -2.30. The topological polar surface area (TPSA) is 58.6 Å². The van der Waals surface area contributed by atoms with E-state index in [1.165, 1.54) is 6.92 Å². The van der Waals surface area contributed by atoms with Crippen LogP contribution in [0.5, 0.6) is 5.75 Å². The number of hydrogen-bond acceptors (Lipinski definition) is 3. The molecule has 166 valence electrons. The maximum absolute atomic E-state index is 13.3. The van der Waals surface area contributed by atoms with Crippen molar-refractivity contribution in [3.8, 4) is 5.75 Å². The molecule has 0 aliphatic rings. The van der Waals surface area contributed by atoms with Crippen molar-refractivity contribution in [2.75, 3.05) is 13.7 Å². The Labute approximate surface area is 194 Å². The van der Waals surface area contributed by atoms with E-state index in [9.17, 15) is 9.59 Å². The van der Waals surface area contributed by atoms with Gasteiger partial charge in [-0.2, -0.15) is 0 Å². The second-order valence-electron chi connectivity index (χ2n) is 7.48. The second kappa shape index (κ2) is 11.3. The maximum atomic E-state index is 13.3. The number of methoxy groups -OCH3 is 1. The van der Waals surface area contributed by atoms with Crippen LogP contribution in [0, 0.1) is 0 Å². The molecule has 0 unspecified atom stereocenters. The van der Waals surface area contributed by atoms with E-state index in [1.54, 1.807) is 24.1 Å². The predicted molar refractivity (Wildman–Crippen MR) is 127 cm³/mol. The number of hydrogen-bond donors (Lipinski definition) is 1. The summed E-state index contributed by atoms with van der Waals surface area (Å²) in [5, 5.41) is 3.63. The van der Waals surface area contributed by atoms with Gasteiger partial charge in [0.15, 0.2) is 0 Å². The smallest absolute Gasteiger partial charge is 0.247 e. The summed E-state index contributed by atoms with van der Waals surface area (Å²) in [5.74, 6) is 0.397. The van der Waals surface area contributed by atoms with Crippen molar-refractivity contribution in [2.24, 2.45) is 0 Å². The van der Waals surface area contributed by atoms with Gasteiger partial charge in [-0.3, -0.25) is 9.59 Å². The Balaban J connectivity index is 1.76. The minimum Gasteiger partial charge on any atom is -0.497 e. The lowest BCUT2D eigenvalue weighted by atomic mass is 10.0. The largest absolute Gasteiger partial charge is 0.497 e. The molecule has 0 aliphatic carbocycles. The summed E-state index contributed by atoms with van der Waals surface area (Å²) in [4.78, 5) is 27.5. The van der Waals surface area contributed by atoms with Crippen LogP contribution < -0.4 is 10.1 Å². The van der Waals surface area contributed by atoms with Gasteiger partial charge in [-0.15, -0.1) is 0 Å². The summed E-state index contributed by atoms with van der Waals surface area (Å²) in [7, 11) is 1.63. The van der Waals surface area contributed by atoms with Crippen LogP contribution >= 0.6 is 11.6 Å². The summed E-state index contributed by atoms with van der Waals surface area (Å²) >= 11 is 5.99. The Morgan fingerprint density at radius 3 is 2.16 bits per heavy atom. The Morgan fingerprint density at radius 1 is 0.938 bits per heavy atom. The number of rotatable bonds is 9. The first-order valence-corrected chi connectivity index (χ1v) is 10.8. The van der Waals surface area contributed by atoms with Crippen LogP contribution in [0.4, 0.5) is 0 Å². The highest BCUT2D eigenvalue weighted by Gasteiger charge is 2.29. The minimum atomic E-state index is -0.736. The molecule has 0 bridgehead atoms. The molecular formula is C26H27ClN2O3.